The highest BCUT2D eigenvalue weighted by atomic mass is 16.4. The summed E-state index contributed by atoms with van der Waals surface area (Å²) in [5.74, 6) is 0.0213. The molecule has 0 amide bonds. The lowest BCUT2D eigenvalue weighted by atomic mass is 9.97. The normalized spacial score (nSPS) is 10.7. The number of hydrogen-bond acceptors (Lipinski definition) is 3. The number of aryl methyl sites for hydroxylation is 1. The molecule has 0 spiro atoms. The van der Waals surface area contributed by atoms with Gasteiger partial charge >= 0.3 is 5.97 Å². The number of unbranched alkanes of at least 4 members (excludes halogenated alkanes) is 1. The molecule has 2 aromatic carbocycles. The van der Waals surface area contributed by atoms with Crippen LogP contribution in [-0.4, -0.2) is 16.1 Å². The molecule has 4 heteroatoms. The first kappa shape index (κ1) is 16.0. The summed E-state index contributed by atoms with van der Waals surface area (Å²) in [6.07, 6.45) is 4.48. The van der Waals surface area contributed by atoms with E-state index >= 15 is 0 Å². The highest BCUT2D eigenvalue weighted by Gasteiger charge is 2.20. The van der Waals surface area contributed by atoms with Gasteiger partial charge in [0.15, 0.2) is 5.76 Å². The summed E-state index contributed by atoms with van der Waals surface area (Å²) in [5.41, 5.74) is 2.68. The smallest absolute Gasteiger partial charge is 0.336 e. The van der Waals surface area contributed by atoms with Crippen LogP contribution in [0.15, 0.2) is 59.1 Å². The van der Waals surface area contributed by atoms with Gasteiger partial charge in [0.2, 0.25) is 5.89 Å². The van der Waals surface area contributed by atoms with E-state index in [2.05, 4.69) is 11.9 Å². The van der Waals surface area contributed by atoms with Gasteiger partial charge in [0.1, 0.15) is 0 Å². The van der Waals surface area contributed by atoms with Gasteiger partial charge in [0.05, 0.1) is 17.3 Å². The lowest BCUT2D eigenvalue weighted by Crippen LogP contribution is -2.03. The van der Waals surface area contributed by atoms with Crippen molar-refractivity contribution in [2.24, 2.45) is 0 Å². The zero-order valence-corrected chi connectivity index (χ0v) is 13.5. The van der Waals surface area contributed by atoms with Crippen molar-refractivity contribution in [1.29, 1.82) is 0 Å². The lowest BCUT2D eigenvalue weighted by molar-refractivity contribution is 0.0697. The summed E-state index contributed by atoms with van der Waals surface area (Å²) in [6.45, 7) is 2.11. The van der Waals surface area contributed by atoms with Crippen LogP contribution in [-0.2, 0) is 6.42 Å². The van der Waals surface area contributed by atoms with Crippen LogP contribution in [0.2, 0.25) is 0 Å². The molecule has 24 heavy (non-hydrogen) atoms. The minimum Gasteiger partial charge on any atom is -0.478 e. The quantitative estimate of drug-likeness (QED) is 0.690. The van der Waals surface area contributed by atoms with Crippen LogP contribution in [0.1, 0.15) is 35.7 Å². The van der Waals surface area contributed by atoms with Crippen molar-refractivity contribution in [2.75, 3.05) is 0 Å². The first-order valence-electron chi connectivity index (χ1n) is 8.07. The number of nitrogens with zero attached hydrogens (tertiary/aromatic N) is 1. The van der Waals surface area contributed by atoms with Crippen LogP contribution < -0.4 is 0 Å². The topological polar surface area (TPSA) is 63.3 Å². The predicted molar refractivity (Wildman–Crippen MR) is 92.9 cm³/mol. The van der Waals surface area contributed by atoms with E-state index < -0.39 is 5.97 Å². The zero-order chi connectivity index (χ0) is 16.9. The second kappa shape index (κ2) is 7.13. The molecule has 1 N–H and O–H groups in total. The average molecular weight is 321 g/mol. The number of carbonyl (C=O) groups is 1. The van der Waals surface area contributed by atoms with Gasteiger partial charge in [-0.25, -0.2) is 9.78 Å². The first-order valence-corrected chi connectivity index (χ1v) is 8.07. The molecule has 1 heterocycles. The Balaban J connectivity index is 2.08. The fourth-order valence-electron chi connectivity index (χ4n) is 2.73. The zero-order valence-electron chi connectivity index (χ0n) is 13.5. The molecule has 0 aliphatic rings. The van der Waals surface area contributed by atoms with E-state index in [-0.39, 0.29) is 5.56 Å². The maximum Gasteiger partial charge on any atom is 0.336 e. The molecule has 4 nitrogen and oxygen atoms in total. The van der Waals surface area contributed by atoms with Gasteiger partial charge in [0.25, 0.3) is 0 Å². The highest BCUT2D eigenvalue weighted by Crippen LogP contribution is 2.31. The van der Waals surface area contributed by atoms with E-state index in [4.69, 9.17) is 4.42 Å². The summed E-state index contributed by atoms with van der Waals surface area (Å²) >= 11 is 0. The fraction of sp³-hybridized carbons (Fsp3) is 0.200. The number of carboxylic acids is 1. The Morgan fingerprint density at radius 1 is 1.12 bits per heavy atom. The van der Waals surface area contributed by atoms with E-state index in [1.807, 2.05) is 36.4 Å². The largest absolute Gasteiger partial charge is 0.478 e. The monoisotopic (exact) mass is 321 g/mol. The predicted octanol–water partition coefficient (Wildman–Crippen LogP) is 5.05. The third-order valence-electron chi connectivity index (χ3n) is 3.96. The Labute approximate surface area is 140 Å². The number of benzene rings is 2. The number of hydrogen-bond donors (Lipinski definition) is 1. The minimum atomic E-state index is -0.970. The Morgan fingerprint density at radius 2 is 1.92 bits per heavy atom. The third-order valence-corrected chi connectivity index (χ3v) is 3.96. The molecule has 0 radical (unpaired) electrons. The number of carboxylic acid groups (broad SMARTS) is 1. The Kier molecular flexibility index (Phi) is 4.75. The highest BCUT2D eigenvalue weighted by molar-refractivity contribution is 5.95. The van der Waals surface area contributed by atoms with Gasteiger partial charge in [-0.2, -0.15) is 0 Å². The van der Waals surface area contributed by atoms with Crippen molar-refractivity contribution >= 4 is 5.97 Å². The van der Waals surface area contributed by atoms with Crippen LogP contribution in [0.3, 0.4) is 0 Å². The number of aromatic nitrogens is 1. The van der Waals surface area contributed by atoms with E-state index in [1.165, 1.54) is 0 Å². The van der Waals surface area contributed by atoms with Crippen molar-refractivity contribution in [3.8, 4) is 22.8 Å². The number of rotatable bonds is 6. The minimum absolute atomic E-state index is 0.227. The van der Waals surface area contributed by atoms with Crippen LogP contribution in [0.4, 0.5) is 0 Å². The average Bonchev–Trinajstić information content (AvgIpc) is 3.10. The lowest BCUT2D eigenvalue weighted by Gasteiger charge is -2.09. The Hall–Kier alpha value is -2.88. The Morgan fingerprint density at radius 3 is 2.62 bits per heavy atom. The van der Waals surface area contributed by atoms with Gasteiger partial charge in [-0.3, -0.25) is 0 Å². The SMILES string of the molecule is CCCCc1cccc(C(=O)O)c1-c1ncc(-c2ccccc2)o1. The number of aromatic carboxylic acids is 1. The molecule has 0 saturated carbocycles. The summed E-state index contributed by atoms with van der Waals surface area (Å²) in [7, 11) is 0. The van der Waals surface area contributed by atoms with Crippen LogP contribution in [0, 0.1) is 0 Å². The maximum absolute atomic E-state index is 11.6. The van der Waals surface area contributed by atoms with Crippen LogP contribution in [0.5, 0.6) is 0 Å². The van der Waals surface area contributed by atoms with Gasteiger partial charge in [-0.15, -0.1) is 0 Å². The van der Waals surface area contributed by atoms with Crippen LogP contribution in [0.25, 0.3) is 22.8 Å². The standard InChI is InChI=1S/C20H19NO3/c1-2-3-8-15-11-7-12-16(20(22)23)18(15)19-21-13-17(24-19)14-9-5-4-6-10-14/h4-7,9-13H,2-3,8H2,1H3,(H,22,23). The molecule has 0 atom stereocenters. The van der Waals surface area contributed by atoms with Crippen molar-refractivity contribution in [3.63, 3.8) is 0 Å². The molecule has 3 rings (SSSR count). The Bertz CT molecular complexity index is 837. The molecule has 0 bridgehead atoms. The van der Waals surface area contributed by atoms with Crippen molar-refractivity contribution < 1.29 is 14.3 Å². The summed E-state index contributed by atoms with van der Waals surface area (Å²) in [6, 6.07) is 15.0. The molecule has 1 aromatic heterocycles. The molecule has 122 valence electrons. The van der Waals surface area contributed by atoms with E-state index in [1.54, 1.807) is 18.3 Å². The van der Waals surface area contributed by atoms with E-state index in [0.29, 0.717) is 17.2 Å². The van der Waals surface area contributed by atoms with Crippen molar-refractivity contribution in [3.05, 3.63) is 65.9 Å². The van der Waals surface area contributed by atoms with Gasteiger partial charge in [-0.05, 0) is 24.5 Å². The summed E-state index contributed by atoms with van der Waals surface area (Å²) < 4.78 is 5.89. The molecule has 0 saturated heterocycles. The van der Waals surface area contributed by atoms with Gasteiger partial charge in [-0.1, -0.05) is 55.8 Å². The second-order valence-electron chi connectivity index (χ2n) is 5.64. The van der Waals surface area contributed by atoms with Crippen LogP contribution >= 0.6 is 0 Å². The van der Waals surface area contributed by atoms with Crippen molar-refractivity contribution in [2.45, 2.75) is 26.2 Å². The molecular formula is C20H19NO3. The molecule has 0 fully saturated rings. The molecule has 0 unspecified atom stereocenters. The second-order valence-corrected chi connectivity index (χ2v) is 5.64. The molecule has 0 aliphatic carbocycles. The summed E-state index contributed by atoms with van der Waals surface area (Å²) in [5, 5.41) is 9.53. The fourth-order valence-corrected chi connectivity index (χ4v) is 2.73. The van der Waals surface area contributed by atoms with E-state index in [9.17, 15) is 9.90 Å². The third kappa shape index (κ3) is 3.23. The molecule has 3 aromatic rings. The van der Waals surface area contributed by atoms with Gasteiger partial charge in [0, 0.05) is 5.56 Å². The molecule has 0 aliphatic heterocycles. The van der Waals surface area contributed by atoms with Crippen molar-refractivity contribution in [1.82, 2.24) is 4.98 Å². The molecular weight excluding hydrogens is 302 g/mol. The van der Waals surface area contributed by atoms with Gasteiger partial charge < -0.3 is 9.52 Å². The van der Waals surface area contributed by atoms with E-state index in [0.717, 1.165) is 30.4 Å². The summed E-state index contributed by atoms with van der Waals surface area (Å²) in [4.78, 5) is 16.0. The first-order chi connectivity index (χ1) is 11.7. The maximum atomic E-state index is 11.6. The number of oxazole rings is 1.